The van der Waals surface area contributed by atoms with Crippen LogP contribution in [0.5, 0.6) is 0 Å². The molecule has 2 heterocycles. The van der Waals surface area contributed by atoms with Crippen molar-refractivity contribution in [2.24, 2.45) is 0 Å². The first-order chi connectivity index (χ1) is 8.20. The molecule has 0 unspecified atom stereocenters. The molecule has 0 aliphatic carbocycles. The highest BCUT2D eigenvalue weighted by Crippen LogP contribution is 2.17. The quantitative estimate of drug-likeness (QED) is 0.802. The Balaban J connectivity index is 2.09. The normalized spacial score (nSPS) is 17.4. The number of hydrogen-bond acceptors (Lipinski definition) is 4. The third kappa shape index (κ3) is 2.74. The lowest BCUT2D eigenvalue weighted by atomic mass is 10.2. The minimum Gasteiger partial charge on any atom is -0.462 e. The van der Waals surface area contributed by atoms with Crippen molar-refractivity contribution in [2.45, 2.75) is 38.8 Å². The van der Waals surface area contributed by atoms with Gasteiger partial charge in [-0.15, -0.1) is 0 Å². The monoisotopic (exact) mass is 237 g/mol. The van der Waals surface area contributed by atoms with E-state index in [4.69, 9.17) is 9.52 Å². The largest absolute Gasteiger partial charge is 0.462 e. The molecule has 2 rings (SSSR count). The summed E-state index contributed by atoms with van der Waals surface area (Å²) >= 11 is 0. The molecular weight excluding hydrogens is 222 g/mol. The van der Waals surface area contributed by atoms with Crippen molar-refractivity contribution < 1.29 is 19.1 Å². The number of aliphatic hydroxyl groups is 1. The molecule has 1 saturated heterocycles. The Bertz CT molecular complexity index is 406. The van der Waals surface area contributed by atoms with Crippen molar-refractivity contribution >= 4 is 11.8 Å². The fourth-order valence-corrected chi connectivity index (χ4v) is 1.89. The third-order valence-electron chi connectivity index (χ3n) is 2.82. The summed E-state index contributed by atoms with van der Waals surface area (Å²) in [4.78, 5) is 24.7. The average molecular weight is 237 g/mol. The second-order valence-electron chi connectivity index (χ2n) is 4.11. The van der Waals surface area contributed by atoms with Gasteiger partial charge in [0.25, 0.3) is 0 Å². The van der Waals surface area contributed by atoms with E-state index in [9.17, 15) is 9.59 Å². The molecule has 1 aliphatic rings. The fraction of sp³-hybridized carbons (Fsp3) is 0.500. The van der Waals surface area contributed by atoms with Crippen molar-refractivity contribution in [3.8, 4) is 0 Å². The molecule has 0 aromatic carbocycles. The van der Waals surface area contributed by atoms with Crippen LogP contribution in [-0.4, -0.2) is 21.8 Å². The van der Waals surface area contributed by atoms with Gasteiger partial charge in [0, 0.05) is 12.8 Å². The van der Waals surface area contributed by atoms with Gasteiger partial charge < -0.3 is 9.52 Å². The number of imide groups is 1. The summed E-state index contributed by atoms with van der Waals surface area (Å²) in [6.07, 6.45) is 2.36. The van der Waals surface area contributed by atoms with Gasteiger partial charge in [0.1, 0.15) is 18.1 Å². The van der Waals surface area contributed by atoms with E-state index < -0.39 is 0 Å². The number of amides is 2. The smallest absolute Gasteiger partial charge is 0.229 e. The first-order valence-electron chi connectivity index (χ1n) is 5.72. The molecule has 5 nitrogen and oxygen atoms in total. The molecule has 0 saturated carbocycles. The van der Waals surface area contributed by atoms with Crippen molar-refractivity contribution in [3.05, 3.63) is 23.7 Å². The van der Waals surface area contributed by atoms with E-state index in [2.05, 4.69) is 0 Å². The highest BCUT2D eigenvalue weighted by atomic mass is 16.4. The van der Waals surface area contributed by atoms with Crippen LogP contribution in [0.4, 0.5) is 0 Å². The molecule has 92 valence electrons. The summed E-state index contributed by atoms with van der Waals surface area (Å²) in [5.74, 6) is 0.677. The number of furan rings is 1. The molecule has 0 spiro atoms. The summed E-state index contributed by atoms with van der Waals surface area (Å²) in [6, 6.07) is 3.32. The van der Waals surface area contributed by atoms with Crippen LogP contribution in [0, 0.1) is 0 Å². The van der Waals surface area contributed by atoms with Gasteiger partial charge in [0.2, 0.25) is 11.8 Å². The number of aliphatic hydroxyl groups excluding tert-OH is 1. The van der Waals surface area contributed by atoms with E-state index in [1.807, 2.05) is 0 Å². The number of carbonyl (C=O) groups excluding carboxylic acids is 2. The Hall–Kier alpha value is -1.62. The Morgan fingerprint density at radius 2 is 1.71 bits per heavy atom. The van der Waals surface area contributed by atoms with E-state index >= 15 is 0 Å². The first-order valence-corrected chi connectivity index (χ1v) is 5.72. The maximum absolute atomic E-state index is 11.7. The number of nitrogens with zero attached hydrogens (tertiary/aromatic N) is 1. The predicted molar refractivity (Wildman–Crippen MR) is 58.7 cm³/mol. The minimum absolute atomic E-state index is 0.144. The zero-order chi connectivity index (χ0) is 12.3. The van der Waals surface area contributed by atoms with E-state index in [0.717, 1.165) is 12.8 Å². The van der Waals surface area contributed by atoms with Crippen LogP contribution in [-0.2, 0) is 22.7 Å². The van der Waals surface area contributed by atoms with Gasteiger partial charge >= 0.3 is 0 Å². The van der Waals surface area contributed by atoms with Crippen LogP contribution >= 0.6 is 0 Å². The first kappa shape index (κ1) is 11.9. The molecular formula is C12H15NO4. The van der Waals surface area contributed by atoms with Crippen LogP contribution in [0.25, 0.3) is 0 Å². The Morgan fingerprint density at radius 1 is 1.12 bits per heavy atom. The van der Waals surface area contributed by atoms with Crippen LogP contribution in [0.2, 0.25) is 0 Å². The molecule has 17 heavy (non-hydrogen) atoms. The average Bonchev–Trinajstić information content (AvgIpc) is 2.72. The fourth-order valence-electron chi connectivity index (χ4n) is 1.89. The molecule has 1 fully saturated rings. The van der Waals surface area contributed by atoms with Crippen LogP contribution < -0.4 is 0 Å². The SMILES string of the molecule is O=C1CCCCC(=O)N1Cc1ccc(CO)o1. The molecule has 0 atom stereocenters. The lowest BCUT2D eigenvalue weighted by molar-refractivity contribution is -0.144. The van der Waals surface area contributed by atoms with Crippen LogP contribution in [0.1, 0.15) is 37.2 Å². The molecule has 0 bridgehead atoms. The maximum Gasteiger partial charge on any atom is 0.229 e. The lowest BCUT2D eigenvalue weighted by Gasteiger charge is -2.16. The van der Waals surface area contributed by atoms with Gasteiger partial charge in [-0.1, -0.05) is 0 Å². The van der Waals surface area contributed by atoms with Crippen molar-refractivity contribution in [1.29, 1.82) is 0 Å². The summed E-state index contributed by atoms with van der Waals surface area (Å²) in [7, 11) is 0. The minimum atomic E-state index is -0.179. The molecule has 5 heteroatoms. The maximum atomic E-state index is 11.7. The number of likely N-dealkylation sites (tertiary alicyclic amines) is 1. The van der Waals surface area contributed by atoms with Gasteiger partial charge in [-0.3, -0.25) is 14.5 Å². The third-order valence-corrected chi connectivity index (χ3v) is 2.82. The summed E-state index contributed by atoms with van der Waals surface area (Å²) in [5.41, 5.74) is 0. The topological polar surface area (TPSA) is 70.8 Å². The van der Waals surface area contributed by atoms with E-state index in [0.29, 0.717) is 24.4 Å². The molecule has 0 radical (unpaired) electrons. The van der Waals surface area contributed by atoms with E-state index in [1.165, 1.54) is 4.90 Å². The van der Waals surface area contributed by atoms with Crippen molar-refractivity contribution in [2.75, 3.05) is 0 Å². The van der Waals surface area contributed by atoms with Crippen molar-refractivity contribution in [3.63, 3.8) is 0 Å². The summed E-state index contributed by atoms with van der Waals surface area (Å²) in [5, 5.41) is 8.86. The van der Waals surface area contributed by atoms with Gasteiger partial charge in [0.05, 0.1) is 6.54 Å². The molecule has 1 N–H and O–H groups in total. The molecule has 1 aromatic rings. The molecule has 2 amide bonds. The second-order valence-corrected chi connectivity index (χ2v) is 4.11. The standard InChI is InChI=1S/C12H15NO4/c14-8-10-6-5-9(17-10)7-13-11(15)3-1-2-4-12(13)16/h5-6,14H,1-4,7-8H2. The van der Waals surface area contributed by atoms with Gasteiger partial charge in [-0.25, -0.2) is 0 Å². The number of hydrogen-bond donors (Lipinski definition) is 1. The zero-order valence-electron chi connectivity index (χ0n) is 9.52. The van der Waals surface area contributed by atoms with Gasteiger partial charge in [-0.05, 0) is 25.0 Å². The summed E-state index contributed by atoms with van der Waals surface area (Å²) in [6.45, 7) is -0.0143. The molecule has 1 aromatic heterocycles. The highest BCUT2D eigenvalue weighted by Gasteiger charge is 2.24. The Morgan fingerprint density at radius 3 is 2.24 bits per heavy atom. The van der Waals surface area contributed by atoms with Crippen LogP contribution in [0.3, 0.4) is 0 Å². The predicted octanol–water partition coefficient (Wildman–Crippen LogP) is 1.20. The van der Waals surface area contributed by atoms with Crippen LogP contribution in [0.15, 0.2) is 16.5 Å². The van der Waals surface area contributed by atoms with E-state index in [-0.39, 0.29) is 25.0 Å². The van der Waals surface area contributed by atoms with Gasteiger partial charge in [0.15, 0.2) is 0 Å². The molecule has 1 aliphatic heterocycles. The van der Waals surface area contributed by atoms with Crippen molar-refractivity contribution in [1.82, 2.24) is 4.90 Å². The second kappa shape index (κ2) is 5.14. The zero-order valence-corrected chi connectivity index (χ0v) is 9.52. The number of rotatable bonds is 3. The Kier molecular flexibility index (Phi) is 3.58. The van der Waals surface area contributed by atoms with Gasteiger partial charge in [-0.2, -0.15) is 0 Å². The lowest BCUT2D eigenvalue weighted by Crippen LogP contribution is -2.34. The Labute approximate surface area is 99.0 Å². The van der Waals surface area contributed by atoms with E-state index in [1.54, 1.807) is 12.1 Å². The highest BCUT2D eigenvalue weighted by molar-refractivity contribution is 5.95. The summed E-state index contributed by atoms with van der Waals surface area (Å²) < 4.78 is 5.28. The number of carbonyl (C=O) groups is 2.